The first-order valence-electron chi connectivity index (χ1n) is 11.0. The van der Waals surface area contributed by atoms with Crippen molar-refractivity contribution >= 4 is 5.91 Å². The number of carbonyl (C=O) groups excluding carboxylic acids is 1. The lowest BCUT2D eigenvalue weighted by molar-refractivity contribution is -0.135. The Kier molecular flexibility index (Phi) is 8.77. The number of nitrogens with zero attached hydrogens (tertiary/aromatic N) is 1. The average Bonchev–Trinajstić information content (AvgIpc) is 3.00. The van der Waals surface area contributed by atoms with E-state index in [9.17, 15) is 4.79 Å². The highest BCUT2D eigenvalue weighted by atomic mass is 16.5. The van der Waals surface area contributed by atoms with Gasteiger partial charge in [0, 0.05) is 19.7 Å². The molecule has 2 fully saturated rings. The van der Waals surface area contributed by atoms with E-state index in [1.165, 1.54) is 50.8 Å². The number of amides is 1. The first kappa shape index (κ1) is 21.3. The van der Waals surface area contributed by atoms with Gasteiger partial charge in [0.05, 0.1) is 12.7 Å². The number of nitrogens with one attached hydrogen (secondary N) is 1. The van der Waals surface area contributed by atoms with Gasteiger partial charge in [-0.25, -0.2) is 0 Å². The summed E-state index contributed by atoms with van der Waals surface area (Å²) in [5, 5.41) is 2.98. The molecule has 156 valence electrons. The minimum Gasteiger partial charge on any atom is -0.376 e. The number of rotatable bonds is 8. The molecule has 5 nitrogen and oxygen atoms in total. The van der Waals surface area contributed by atoms with Crippen molar-refractivity contribution in [2.24, 2.45) is 0 Å². The fourth-order valence-electron chi connectivity index (χ4n) is 3.91. The van der Waals surface area contributed by atoms with Gasteiger partial charge in [-0.2, -0.15) is 0 Å². The lowest BCUT2D eigenvalue weighted by Gasteiger charge is -2.24. The number of benzene rings is 1. The molecule has 2 aliphatic heterocycles. The van der Waals surface area contributed by atoms with Crippen molar-refractivity contribution in [1.82, 2.24) is 10.2 Å². The zero-order chi connectivity index (χ0) is 19.6. The lowest BCUT2D eigenvalue weighted by Crippen LogP contribution is -2.36. The van der Waals surface area contributed by atoms with Crippen molar-refractivity contribution in [2.75, 3.05) is 26.3 Å². The van der Waals surface area contributed by atoms with Crippen LogP contribution in [0.4, 0.5) is 0 Å². The van der Waals surface area contributed by atoms with Crippen LogP contribution in [0, 0.1) is 0 Å². The van der Waals surface area contributed by atoms with E-state index in [1.54, 1.807) is 0 Å². The van der Waals surface area contributed by atoms with Crippen LogP contribution in [-0.2, 0) is 27.4 Å². The second-order valence-corrected chi connectivity index (χ2v) is 8.19. The van der Waals surface area contributed by atoms with E-state index in [1.807, 2.05) is 6.92 Å². The summed E-state index contributed by atoms with van der Waals surface area (Å²) in [6.07, 6.45) is 8.39. The Morgan fingerprint density at radius 1 is 1.11 bits per heavy atom. The average molecular weight is 389 g/mol. The molecule has 0 saturated carbocycles. The maximum atomic E-state index is 12.3. The molecule has 2 unspecified atom stereocenters. The van der Waals surface area contributed by atoms with Crippen LogP contribution in [0.3, 0.4) is 0 Å². The van der Waals surface area contributed by atoms with Crippen LogP contribution < -0.4 is 5.32 Å². The highest BCUT2D eigenvalue weighted by molar-refractivity contribution is 5.80. The summed E-state index contributed by atoms with van der Waals surface area (Å²) in [6.45, 7) is 7.10. The van der Waals surface area contributed by atoms with Crippen molar-refractivity contribution in [1.29, 1.82) is 0 Å². The van der Waals surface area contributed by atoms with Crippen molar-refractivity contribution < 1.29 is 14.3 Å². The first-order chi connectivity index (χ1) is 13.7. The SMILES string of the molecule is CC(OCC1CCCCO1)C(=O)NCc1ccc(CN2CCCCCC2)cc1. The van der Waals surface area contributed by atoms with E-state index >= 15 is 0 Å². The summed E-state index contributed by atoms with van der Waals surface area (Å²) in [6, 6.07) is 8.61. The molecule has 2 saturated heterocycles. The van der Waals surface area contributed by atoms with Crippen LogP contribution >= 0.6 is 0 Å². The number of carbonyl (C=O) groups is 1. The van der Waals surface area contributed by atoms with Crippen LogP contribution in [0.25, 0.3) is 0 Å². The Labute approximate surface area is 169 Å². The van der Waals surface area contributed by atoms with Crippen molar-refractivity contribution in [2.45, 2.75) is 77.2 Å². The Balaban J connectivity index is 1.36. The van der Waals surface area contributed by atoms with Crippen molar-refractivity contribution in [3.05, 3.63) is 35.4 Å². The van der Waals surface area contributed by atoms with Crippen LogP contribution in [0.15, 0.2) is 24.3 Å². The van der Waals surface area contributed by atoms with Crippen LogP contribution in [0.5, 0.6) is 0 Å². The van der Waals surface area contributed by atoms with Gasteiger partial charge < -0.3 is 14.8 Å². The molecule has 1 N–H and O–H groups in total. The third-order valence-corrected chi connectivity index (χ3v) is 5.77. The Bertz CT molecular complexity index is 576. The van der Waals surface area contributed by atoms with E-state index in [-0.39, 0.29) is 12.0 Å². The van der Waals surface area contributed by atoms with Crippen molar-refractivity contribution in [3.8, 4) is 0 Å². The Hall–Kier alpha value is -1.43. The third kappa shape index (κ3) is 7.19. The van der Waals surface area contributed by atoms with Crippen LogP contribution in [-0.4, -0.2) is 49.3 Å². The molecule has 0 bridgehead atoms. The standard InChI is InChI=1S/C23H36N2O3/c1-19(28-18-22-8-4-7-15-27-22)23(26)24-16-20-9-11-21(12-10-20)17-25-13-5-2-3-6-14-25/h9-12,19,22H,2-8,13-18H2,1H3,(H,24,26). The molecule has 0 radical (unpaired) electrons. The predicted molar refractivity (Wildman–Crippen MR) is 111 cm³/mol. The topological polar surface area (TPSA) is 50.8 Å². The van der Waals surface area contributed by atoms with Crippen LogP contribution in [0.1, 0.15) is 63.0 Å². The number of hydrogen-bond acceptors (Lipinski definition) is 4. The van der Waals surface area contributed by atoms with Gasteiger partial charge in [0.15, 0.2) is 0 Å². The normalized spacial score (nSPS) is 22.4. The molecular weight excluding hydrogens is 352 g/mol. The number of ether oxygens (including phenoxy) is 2. The second-order valence-electron chi connectivity index (χ2n) is 8.19. The molecule has 0 aliphatic carbocycles. The summed E-state index contributed by atoms with van der Waals surface area (Å²) in [7, 11) is 0. The van der Waals surface area contributed by atoms with Crippen molar-refractivity contribution in [3.63, 3.8) is 0 Å². The zero-order valence-corrected chi connectivity index (χ0v) is 17.3. The lowest BCUT2D eigenvalue weighted by atomic mass is 10.1. The molecule has 1 amide bonds. The summed E-state index contributed by atoms with van der Waals surface area (Å²) < 4.78 is 11.4. The summed E-state index contributed by atoms with van der Waals surface area (Å²) in [5.74, 6) is -0.0653. The minimum atomic E-state index is -0.451. The van der Waals surface area contributed by atoms with Gasteiger partial charge in [-0.15, -0.1) is 0 Å². The van der Waals surface area contributed by atoms with Gasteiger partial charge in [0.25, 0.3) is 0 Å². The van der Waals surface area contributed by atoms with Gasteiger partial charge in [0.1, 0.15) is 6.10 Å². The quantitative estimate of drug-likeness (QED) is 0.738. The number of hydrogen-bond donors (Lipinski definition) is 1. The molecular formula is C23H36N2O3. The molecule has 3 rings (SSSR count). The van der Waals surface area contributed by atoms with E-state index in [0.29, 0.717) is 13.2 Å². The second kappa shape index (κ2) is 11.5. The monoisotopic (exact) mass is 388 g/mol. The molecule has 0 aromatic heterocycles. The Morgan fingerprint density at radius 2 is 1.82 bits per heavy atom. The number of likely N-dealkylation sites (tertiary alicyclic amines) is 1. The van der Waals surface area contributed by atoms with Gasteiger partial charge >= 0.3 is 0 Å². The van der Waals surface area contributed by atoms with E-state index < -0.39 is 6.10 Å². The maximum absolute atomic E-state index is 12.3. The smallest absolute Gasteiger partial charge is 0.249 e. The molecule has 28 heavy (non-hydrogen) atoms. The van der Waals surface area contributed by atoms with Gasteiger partial charge in [0.2, 0.25) is 5.91 Å². The highest BCUT2D eigenvalue weighted by Gasteiger charge is 2.18. The van der Waals surface area contributed by atoms with Gasteiger partial charge in [-0.1, -0.05) is 37.1 Å². The molecule has 2 aliphatic rings. The van der Waals surface area contributed by atoms with Gasteiger partial charge in [-0.05, 0) is 63.2 Å². The summed E-state index contributed by atoms with van der Waals surface area (Å²) >= 11 is 0. The molecule has 0 spiro atoms. The highest BCUT2D eigenvalue weighted by Crippen LogP contribution is 2.15. The summed E-state index contributed by atoms with van der Waals surface area (Å²) in [4.78, 5) is 14.8. The Morgan fingerprint density at radius 3 is 2.50 bits per heavy atom. The molecule has 5 heteroatoms. The molecule has 2 heterocycles. The van der Waals surface area contributed by atoms with E-state index in [2.05, 4.69) is 34.5 Å². The first-order valence-corrected chi connectivity index (χ1v) is 11.0. The zero-order valence-electron chi connectivity index (χ0n) is 17.3. The largest absolute Gasteiger partial charge is 0.376 e. The molecule has 2 atom stereocenters. The van der Waals surface area contributed by atoms with E-state index in [0.717, 1.165) is 31.6 Å². The predicted octanol–water partition coefficient (Wildman–Crippen LogP) is 3.65. The minimum absolute atomic E-state index is 0.0653. The van der Waals surface area contributed by atoms with E-state index in [4.69, 9.17) is 9.47 Å². The third-order valence-electron chi connectivity index (χ3n) is 5.77. The van der Waals surface area contributed by atoms with Crippen LogP contribution in [0.2, 0.25) is 0 Å². The molecule has 1 aromatic carbocycles. The maximum Gasteiger partial charge on any atom is 0.249 e. The fraction of sp³-hybridized carbons (Fsp3) is 0.696. The summed E-state index contributed by atoms with van der Waals surface area (Å²) in [5.41, 5.74) is 2.47. The van der Waals surface area contributed by atoms with Gasteiger partial charge in [-0.3, -0.25) is 9.69 Å². The fourth-order valence-corrected chi connectivity index (χ4v) is 3.91. The molecule has 1 aromatic rings.